The van der Waals surface area contributed by atoms with Gasteiger partial charge in [-0.05, 0) is 49.2 Å². The van der Waals surface area contributed by atoms with Crippen molar-refractivity contribution in [2.45, 2.75) is 25.9 Å². The van der Waals surface area contributed by atoms with Crippen molar-refractivity contribution in [1.82, 2.24) is 15.6 Å². The number of carbonyl (C=O) groups is 1. The molecule has 3 heterocycles. The smallest absolute Gasteiger partial charge is 0.322 e. The minimum Gasteiger partial charge on any atom is -0.388 e. The van der Waals surface area contributed by atoms with Crippen LogP contribution in [0.3, 0.4) is 0 Å². The topological polar surface area (TPSA) is 57.3 Å². The number of anilines is 1. The molecule has 0 saturated carbocycles. The molecule has 1 aromatic carbocycles. The zero-order valence-electron chi connectivity index (χ0n) is 14.2. The summed E-state index contributed by atoms with van der Waals surface area (Å²) in [7, 11) is 0. The van der Waals surface area contributed by atoms with E-state index in [2.05, 4.69) is 15.6 Å². The zero-order valence-corrected chi connectivity index (χ0v) is 15.7. The number of benzene rings is 1. The normalized spacial score (nSPS) is 18.3. The molecular formula is C19H18Cl2N4O. The third kappa shape index (κ3) is 3.02. The van der Waals surface area contributed by atoms with Crippen molar-refractivity contribution in [3.05, 3.63) is 63.5 Å². The highest BCUT2D eigenvalue weighted by Crippen LogP contribution is 2.45. The Balaban J connectivity index is 1.63. The Bertz CT molecular complexity index is 912. The van der Waals surface area contributed by atoms with E-state index in [1.54, 1.807) is 12.3 Å². The number of amides is 2. The van der Waals surface area contributed by atoms with Crippen LogP contribution in [0.1, 0.15) is 24.5 Å². The molecule has 0 fully saturated rings. The summed E-state index contributed by atoms with van der Waals surface area (Å²) in [5.74, 6) is 0. The Morgan fingerprint density at radius 1 is 1.35 bits per heavy atom. The van der Waals surface area contributed by atoms with Gasteiger partial charge in [-0.3, -0.25) is 4.90 Å². The molecule has 1 aromatic heterocycles. The number of hydrogen-bond acceptors (Lipinski definition) is 3. The van der Waals surface area contributed by atoms with Gasteiger partial charge in [0.2, 0.25) is 0 Å². The zero-order chi connectivity index (χ0) is 18.3. The number of hydrogen-bond donors (Lipinski definition) is 2. The molecule has 0 saturated heterocycles. The molecule has 2 aliphatic rings. The molecule has 2 amide bonds. The molecule has 0 spiro atoms. The van der Waals surface area contributed by atoms with E-state index in [-0.39, 0.29) is 12.1 Å². The van der Waals surface area contributed by atoms with E-state index in [0.29, 0.717) is 16.7 Å². The van der Waals surface area contributed by atoms with Gasteiger partial charge >= 0.3 is 6.03 Å². The summed E-state index contributed by atoms with van der Waals surface area (Å²) in [6.45, 7) is 3.28. The predicted molar refractivity (Wildman–Crippen MR) is 104 cm³/mol. The van der Waals surface area contributed by atoms with Crippen LogP contribution in [-0.2, 0) is 6.54 Å². The first-order valence-corrected chi connectivity index (χ1v) is 9.22. The van der Waals surface area contributed by atoms with Gasteiger partial charge in [-0.2, -0.15) is 0 Å². The molecule has 0 bridgehead atoms. The van der Waals surface area contributed by atoms with Gasteiger partial charge < -0.3 is 10.6 Å². The van der Waals surface area contributed by atoms with Crippen LogP contribution in [0, 0.1) is 0 Å². The largest absolute Gasteiger partial charge is 0.388 e. The first-order chi connectivity index (χ1) is 12.5. The van der Waals surface area contributed by atoms with Crippen LogP contribution in [0.2, 0.25) is 10.2 Å². The van der Waals surface area contributed by atoms with Gasteiger partial charge in [-0.1, -0.05) is 23.2 Å². The highest BCUT2D eigenvalue weighted by Gasteiger charge is 2.40. The van der Waals surface area contributed by atoms with Gasteiger partial charge in [-0.25, -0.2) is 9.78 Å². The molecule has 2 aromatic rings. The van der Waals surface area contributed by atoms with Gasteiger partial charge in [-0.15, -0.1) is 0 Å². The first kappa shape index (κ1) is 17.2. The van der Waals surface area contributed by atoms with Crippen molar-refractivity contribution in [3.8, 4) is 0 Å². The number of allylic oxidation sites excluding steroid dienone is 1. The molecule has 134 valence electrons. The lowest BCUT2D eigenvalue weighted by molar-refractivity contribution is 0.245. The number of halogens is 2. The van der Waals surface area contributed by atoms with Crippen LogP contribution in [0.4, 0.5) is 10.5 Å². The van der Waals surface area contributed by atoms with Crippen LogP contribution >= 0.6 is 23.2 Å². The maximum absolute atomic E-state index is 13.0. The number of nitrogens with zero attached hydrogens (tertiary/aromatic N) is 2. The van der Waals surface area contributed by atoms with Crippen molar-refractivity contribution in [2.75, 3.05) is 11.4 Å². The lowest BCUT2D eigenvalue weighted by Crippen LogP contribution is -2.46. The standard InChI is InChI=1S/C19H18Cl2N4O/c1-11-18-14-9-13(20)2-3-15(14)25(16(18)5-7-22-11)19(26)24-10-12-4-6-23-17(21)8-12/h2-4,6,8-9,16,22H,5,7,10H2,1H3,(H,24,26). The van der Waals surface area contributed by atoms with Crippen LogP contribution < -0.4 is 15.5 Å². The number of aromatic nitrogens is 1. The summed E-state index contributed by atoms with van der Waals surface area (Å²) in [6.07, 6.45) is 2.49. The summed E-state index contributed by atoms with van der Waals surface area (Å²) in [6, 6.07) is 9.15. The van der Waals surface area contributed by atoms with E-state index < -0.39 is 0 Å². The fourth-order valence-electron chi connectivity index (χ4n) is 3.69. The maximum Gasteiger partial charge on any atom is 0.322 e. The van der Waals surface area contributed by atoms with Crippen molar-refractivity contribution in [1.29, 1.82) is 0 Å². The summed E-state index contributed by atoms with van der Waals surface area (Å²) < 4.78 is 0. The molecular weight excluding hydrogens is 371 g/mol. The molecule has 1 atom stereocenters. The number of carbonyl (C=O) groups excluding carboxylic acids is 1. The van der Waals surface area contributed by atoms with Crippen LogP contribution in [-0.4, -0.2) is 23.6 Å². The number of nitrogens with one attached hydrogen (secondary N) is 2. The molecule has 2 aliphatic heterocycles. The Labute approximate surface area is 162 Å². The average Bonchev–Trinajstić information content (AvgIpc) is 2.94. The SMILES string of the molecule is CC1=C2c3cc(Cl)ccc3N(C(=O)NCc3ccnc(Cl)c3)C2CCN1. The van der Waals surface area contributed by atoms with Gasteiger partial charge in [0.05, 0.1) is 11.7 Å². The summed E-state index contributed by atoms with van der Waals surface area (Å²) in [4.78, 5) is 18.8. The van der Waals surface area contributed by atoms with E-state index in [4.69, 9.17) is 23.2 Å². The van der Waals surface area contributed by atoms with Crippen LogP contribution in [0.25, 0.3) is 5.57 Å². The molecule has 7 heteroatoms. The van der Waals surface area contributed by atoms with E-state index in [1.807, 2.05) is 36.1 Å². The highest BCUT2D eigenvalue weighted by molar-refractivity contribution is 6.31. The second-order valence-corrected chi connectivity index (χ2v) is 7.27. The average molecular weight is 389 g/mol. The minimum absolute atomic E-state index is 0.0192. The number of rotatable bonds is 2. The third-order valence-corrected chi connectivity index (χ3v) is 5.26. The third-order valence-electron chi connectivity index (χ3n) is 4.82. The lowest BCUT2D eigenvalue weighted by Gasteiger charge is -2.30. The fraction of sp³-hybridized carbons (Fsp3) is 0.263. The van der Waals surface area contributed by atoms with E-state index >= 15 is 0 Å². The van der Waals surface area contributed by atoms with Crippen molar-refractivity contribution < 1.29 is 4.79 Å². The highest BCUT2D eigenvalue weighted by atomic mass is 35.5. The van der Waals surface area contributed by atoms with Gasteiger partial charge in [0.25, 0.3) is 0 Å². The molecule has 4 rings (SSSR count). The molecule has 5 nitrogen and oxygen atoms in total. The van der Waals surface area contributed by atoms with Crippen molar-refractivity contribution in [3.63, 3.8) is 0 Å². The van der Waals surface area contributed by atoms with E-state index in [1.165, 1.54) is 0 Å². The van der Waals surface area contributed by atoms with E-state index in [9.17, 15) is 4.79 Å². The molecule has 26 heavy (non-hydrogen) atoms. The van der Waals surface area contributed by atoms with Crippen LogP contribution in [0.15, 0.2) is 42.2 Å². The number of fused-ring (bicyclic) bond motifs is 3. The van der Waals surface area contributed by atoms with Crippen molar-refractivity contribution >= 4 is 40.5 Å². The predicted octanol–water partition coefficient (Wildman–Crippen LogP) is 4.21. The Morgan fingerprint density at radius 2 is 2.19 bits per heavy atom. The lowest BCUT2D eigenvalue weighted by atomic mass is 9.95. The quantitative estimate of drug-likeness (QED) is 0.757. The maximum atomic E-state index is 13.0. The Hall–Kier alpha value is -2.24. The Morgan fingerprint density at radius 3 is 3.00 bits per heavy atom. The van der Waals surface area contributed by atoms with Crippen molar-refractivity contribution in [2.24, 2.45) is 0 Å². The summed E-state index contributed by atoms with van der Waals surface area (Å²) in [5, 5.41) is 7.47. The number of pyridine rings is 1. The summed E-state index contributed by atoms with van der Waals surface area (Å²) >= 11 is 12.1. The van der Waals surface area contributed by atoms with Gasteiger partial charge in [0.1, 0.15) is 5.15 Å². The van der Waals surface area contributed by atoms with Gasteiger partial charge in [0.15, 0.2) is 0 Å². The monoisotopic (exact) mass is 388 g/mol. The second kappa shape index (κ2) is 6.82. The van der Waals surface area contributed by atoms with Crippen LogP contribution in [0.5, 0.6) is 0 Å². The summed E-state index contributed by atoms with van der Waals surface area (Å²) in [5.41, 5.74) is 5.07. The fourth-order valence-corrected chi connectivity index (χ4v) is 4.06. The second-order valence-electron chi connectivity index (χ2n) is 6.45. The molecule has 0 aliphatic carbocycles. The molecule has 2 N–H and O–H groups in total. The minimum atomic E-state index is -0.129. The first-order valence-electron chi connectivity index (χ1n) is 8.46. The molecule has 1 unspecified atom stereocenters. The van der Waals surface area contributed by atoms with Gasteiger partial charge in [0, 0.05) is 41.1 Å². The number of urea groups is 1. The van der Waals surface area contributed by atoms with E-state index in [0.717, 1.165) is 41.1 Å². The Kier molecular flexibility index (Phi) is 4.51. The molecule has 0 radical (unpaired) electrons.